The largest absolute Gasteiger partial charge is 0.308 e. The number of rotatable bonds is 6. The van der Waals surface area contributed by atoms with Crippen LogP contribution < -0.4 is 10.8 Å². The lowest BCUT2D eigenvalue weighted by Gasteiger charge is -2.07. The van der Waals surface area contributed by atoms with Gasteiger partial charge in [-0.2, -0.15) is 0 Å². The molecule has 0 atom stereocenters. The lowest BCUT2D eigenvalue weighted by Crippen LogP contribution is -2.17. The number of hydroxylamine groups is 1. The van der Waals surface area contributed by atoms with E-state index in [9.17, 15) is 4.79 Å². The summed E-state index contributed by atoms with van der Waals surface area (Å²) >= 11 is 0. The molecule has 0 radical (unpaired) electrons. The summed E-state index contributed by atoms with van der Waals surface area (Å²) in [5.41, 5.74) is 6.42. The zero-order valence-corrected chi connectivity index (χ0v) is 14.2. The minimum Gasteiger partial charge on any atom is -0.308 e. The molecule has 1 fully saturated rings. The van der Waals surface area contributed by atoms with Gasteiger partial charge in [0.2, 0.25) is 0 Å². The first-order chi connectivity index (χ1) is 12.7. The first-order valence-corrected chi connectivity index (χ1v) is 8.66. The van der Waals surface area contributed by atoms with E-state index < -0.39 is 5.91 Å². The summed E-state index contributed by atoms with van der Waals surface area (Å²) in [7, 11) is 0. The van der Waals surface area contributed by atoms with Gasteiger partial charge in [0.25, 0.3) is 5.91 Å². The predicted octanol–water partition coefficient (Wildman–Crippen LogP) is 2.77. The van der Waals surface area contributed by atoms with Crippen LogP contribution in [0.1, 0.15) is 24.1 Å². The van der Waals surface area contributed by atoms with E-state index in [1.165, 1.54) is 18.9 Å². The van der Waals surface area contributed by atoms with Crippen molar-refractivity contribution in [3.63, 3.8) is 0 Å². The number of hydrogen-bond acceptors (Lipinski definition) is 4. The average Bonchev–Trinajstić information content (AvgIpc) is 3.44. The fourth-order valence-corrected chi connectivity index (χ4v) is 2.95. The van der Waals surface area contributed by atoms with Crippen molar-refractivity contribution < 1.29 is 10.0 Å². The lowest BCUT2D eigenvalue weighted by atomic mass is 10.1. The highest BCUT2D eigenvalue weighted by molar-refractivity contribution is 5.91. The standard InChI is InChI=1S/C20H20N4O2/c25-19(23-26)9-6-14-10-11-24-17(13-21-16-7-8-16)20(22-18(24)12-14)15-4-2-1-3-5-15/h1-6,9-12,16,21,26H,7-8,13H2,(H,23,25)/b9-6+. The Balaban J connectivity index is 1.74. The number of imidazole rings is 1. The van der Waals surface area contributed by atoms with Crippen LogP contribution in [0.4, 0.5) is 0 Å². The van der Waals surface area contributed by atoms with Crippen LogP contribution in [-0.2, 0) is 11.3 Å². The van der Waals surface area contributed by atoms with Crippen molar-refractivity contribution in [2.75, 3.05) is 0 Å². The molecule has 26 heavy (non-hydrogen) atoms. The van der Waals surface area contributed by atoms with Crippen molar-refractivity contribution in [2.45, 2.75) is 25.4 Å². The summed E-state index contributed by atoms with van der Waals surface area (Å²) in [6.07, 6.45) is 7.36. The normalized spacial score (nSPS) is 14.2. The van der Waals surface area contributed by atoms with Gasteiger partial charge >= 0.3 is 0 Å². The molecule has 132 valence electrons. The molecule has 1 saturated carbocycles. The highest BCUT2D eigenvalue weighted by Crippen LogP contribution is 2.26. The second kappa shape index (κ2) is 7.11. The molecule has 1 amide bonds. The molecule has 6 heteroatoms. The second-order valence-electron chi connectivity index (χ2n) is 6.43. The van der Waals surface area contributed by atoms with E-state index in [0.29, 0.717) is 6.04 Å². The molecule has 1 aromatic carbocycles. The van der Waals surface area contributed by atoms with Gasteiger partial charge in [-0.15, -0.1) is 0 Å². The van der Waals surface area contributed by atoms with Crippen LogP contribution in [0.3, 0.4) is 0 Å². The van der Waals surface area contributed by atoms with E-state index in [4.69, 9.17) is 10.2 Å². The zero-order chi connectivity index (χ0) is 17.9. The summed E-state index contributed by atoms with van der Waals surface area (Å²) in [6.45, 7) is 0.762. The third-order valence-electron chi connectivity index (χ3n) is 4.47. The maximum atomic E-state index is 11.2. The molecular formula is C20H20N4O2. The number of fused-ring (bicyclic) bond motifs is 1. The van der Waals surface area contributed by atoms with Gasteiger partial charge in [0.15, 0.2) is 0 Å². The van der Waals surface area contributed by atoms with Crippen LogP contribution in [0.5, 0.6) is 0 Å². The number of nitrogens with zero attached hydrogens (tertiary/aromatic N) is 2. The zero-order valence-electron chi connectivity index (χ0n) is 14.2. The molecule has 4 rings (SSSR count). The molecule has 0 saturated heterocycles. The Kier molecular flexibility index (Phi) is 4.51. The van der Waals surface area contributed by atoms with Gasteiger partial charge in [-0.05, 0) is 36.6 Å². The van der Waals surface area contributed by atoms with Crippen molar-refractivity contribution in [1.29, 1.82) is 0 Å². The number of pyridine rings is 1. The van der Waals surface area contributed by atoms with Gasteiger partial charge < -0.3 is 9.72 Å². The minimum atomic E-state index is -0.562. The number of benzene rings is 1. The van der Waals surface area contributed by atoms with E-state index in [0.717, 1.165) is 34.7 Å². The van der Waals surface area contributed by atoms with Crippen molar-refractivity contribution in [3.05, 3.63) is 66.0 Å². The summed E-state index contributed by atoms with van der Waals surface area (Å²) in [6, 6.07) is 14.6. The fourth-order valence-electron chi connectivity index (χ4n) is 2.95. The number of amides is 1. The summed E-state index contributed by atoms with van der Waals surface area (Å²) in [5.74, 6) is -0.562. The molecular weight excluding hydrogens is 328 g/mol. The molecule has 1 aliphatic rings. The highest BCUT2D eigenvalue weighted by Gasteiger charge is 2.22. The summed E-state index contributed by atoms with van der Waals surface area (Å²) in [5, 5.41) is 12.2. The van der Waals surface area contributed by atoms with Crippen LogP contribution in [0.2, 0.25) is 0 Å². The minimum absolute atomic E-state index is 0.562. The fraction of sp³-hybridized carbons (Fsp3) is 0.200. The Morgan fingerprint density at radius 3 is 2.81 bits per heavy atom. The topological polar surface area (TPSA) is 78.7 Å². The summed E-state index contributed by atoms with van der Waals surface area (Å²) < 4.78 is 2.08. The quantitative estimate of drug-likeness (QED) is 0.364. The maximum Gasteiger partial charge on any atom is 0.267 e. The van der Waals surface area contributed by atoms with E-state index in [-0.39, 0.29) is 0 Å². The van der Waals surface area contributed by atoms with E-state index in [2.05, 4.69) is 21.9 Å². The molecule has 2 aromatic heterocycles. The van der Waals surface area contributed by atoms with Crippen LogP contribution in [0.25, 0.3) is 23.0 Å². The first kappa shape index (κ1) is 16.5. The molecule has 0 unspecified atom stereocenters. The van der Waals surface area contributed by atoms with Crippen molar-refractivity contribution >= 4 is 17.6 Å². The molecule has 0 spiro atoms. The predicted molar refractivity (Wildman–Crippen MR) is 99.5 cm³/mol. The third kappa shape index (κ3) is 3.51. The van der Waals surface area contributed by atoms with Gasteiger partial charge in [-0.1, -0.05) is 30.3 Å². The number of hydrogen-bond donors (Lipinski definition) is 3. The Hall–Kier alpha value is -2.96. The van der Waals surface area contributed by atoms with Gasteiger partial charge in [0.05, 0.1) is 11.4 Å². The van der Waals surface area contributed by atoms with E-state index >= 15 is 0 Å². The van der Waals surface area contributed by atoms with Crippen LogP contribution in [0, 0.1) is 0 Å². The van der Waals surface area contributed by atoms with Crippen LogP contribution in [-0.4, -0.2) is 26.5 Å². The van der Waals surface area contributed by atoms with Gasteiger partial charge in [0, 0.05) is 30.4 Å². The van der Waals surface area contributed by atoms with Gasteiger partial charge in [-0.3, -0.25) is 10.0 Å². The number of carbonyl (C=O) groups is 1. The van der Waals surface area contributed by atoms with Gasteiger partial charge in [0.1, 0.15) is 5.65 Å². The smallest absolute Gasteiger partial charge is 0.267 e. The van der Waals surface area contributed by atoms with Crippen molar-refractivity contribution in [3.8, 4) is 11.3 Å². The number of aromatic nitrogens is 2. The lowest BCUT2D eigenvalue weighted by molar-refractivity contribution is -0.124. The summed E-state index contributed by atoms with van der Waals surface area (Å²) in [4.78, 5) is 16.0. The highest BCUT2D eigenvalue weighted by atomic mass is 16.5. The number of nitrogens with one attached hydrogen (secondary N) is 2. The molecule has 3 aromatic rings. The molecule has 6 nitrogen and oxygen atoms in total. The Morgan fingerprint density at radius 1 is 1.27 bits per heavy atom. The first-order valence-electron chi connectivity index (χ1n) is 8.66. The molecule has 2 heterocycles. The molecule has 1 aliphatic carbocycles. The average molecular weight is 348 g/mol. The van der Waals surface area contributed by atoms with Crippen LogP contribution >= 0.6 is 0 Å². The van der Waals surface area contributed by atoms with Gasteiger partial charge in [-0.25, -0.2) is 10.5 Å². The molecule has 0 aliphatic heterocycles. The third-order valence-corrected chi connectivity index (χ3v) is 4.47. The SMILES string of the molecule is O=C(/C=C/c1ccn2c(CNC3CC3)c(-c3ccccc3)nc2c1)NO. The maximum absolute atomic E-state index is 11.2. The van der Waals surface area contributed by atoms with E-state index in [1.807, 2.05) is 36.5 Å². The van der Waals surface area contributed by atoms with Crippen LogP contribution in [0.15, 0.2) is 54.7 Å². The molecule has 3 N–H and O–H groups in total. The number of carbonyl (C=O) groups excluding carboxylic acids is 1. The molecule has 0 bridgehead atoms. The monoisotopic (exact) mass is 348 g/mol. The van der Waals surface area contributed by atoms with Crippen molar-refractivity contribution in [1.82, 2.24) is 20.2 Å². The van der Waals surface area contributed by atoms with Crippen molar-refractivity contribution in [2.24, 2.45) is 0 Å². The second-order valence-corrected chi connectivity index (χ2v) is 6.43. The Bertz CT molecular complexity index is 959. The van der Waals surface area contributed by atoms with E-state index in [1.54, 1.807) is 11.6 Å². The Labute approximate surface area is 151 Å². The Morgan fingerprint density at radius 2 is 2.08 bits per heavy atom.